The Bertz CT molecular complexity index is 2680. The molecule has 9 heteroatoms. The standard InChI is InChI=1S/3C15H12O2.C12H8N2.Eu/c3*16-14(12-7-3-1-4-8-12)11-15(17)13-9-5-2-6-10-13;1-3-9-5-6-10-4-2-8-14-12(10)11(9)13-7-1;/h3*1-11,16H;1-8H;/q;;;-2;/p-3. The SMILES string of the molecule is C1=C[N-]c2c3c(ccc2=C1)=CC=C[N-]3.O=C(C=C([O-])c1ccccc1)c1ccccc1.O=C(C=C([O-])c1ccccc1)c1ccccc1.O=C(C=C([O-])c1ccccc1)c1ccccc1.[Eu]. The number of carbonyl (C=O) groups excluding carboxylic acids is 3. The molecule has 66 heavy (non-hydrogen) atoms. The van der Waals surface area contributed by atoms with Gasteiger partial charge in [0, 0.05) is 66.1 Å². The molecule has 0 aliphatic carbocycles. The summed E-state index contributed by atoms with van der Waals surface area (Å²) in [5.41, 5.74) is 5.10. The van der Waals surface area contributed by atoms with Crippen molar-refractivity contribution in [1.29, 1.82) is 0 Å². The Morgan fingerprint density at radius 2 is 0.561 bits per heavy atom. The predicted molar refractivity (Wildman–Crippen MR) is 255 cm³/mol. The summed E-state index contributed by atoms with van der Waals surface area (Å²) in [6.45, 7) is 0. The van der Waals surface area contributed by atoms with Gasteiger partial charge in [0.05, 0.1) is 0 Å². The van der Waals surface area contributed by atoms with Crippen molar-refractivity contribution in [3.05, 3.63) is 291 Å². The van der Waals surface area contributed by atoms with Crippen LogP contribution in [0.4, 0.5) is 11.4 Å². The molecule has 0 fully saturated rings. The zero-order valence-electron chi connectivity index (χ0n) is 35.4. The molecule has 327 valence electrons. The number of nitrogens with zero attached hydrogens (tertiary/aromatic N) is 2. The second-order valence-electron chi connectivity index (χ2n) is 14.0. The van der Waals surface area contributed by atoms with E-state index in [0.717, 1.165) is 40.0 Å². The van der Waals surface area contributed by atoms with Gasteiger partial charge in [-0.15, -0.1) is 11.4 Å². The van der Waals surface area contributed by atoms with Gasteiger partial charge < -0.3 is 26.0 Å². The van der Waals surface area contributed by atoms with E-state index in [4.69, 9.17) is 0 Å². The van der Waals surface area contributed by atoms with Crippen molar-refractivity contribution < 1.29 is 79.1 Å². The Labute approximate surface area is 424 Å². The summed E-state index contributed by atoms with van der Waals surface area (Å²) in [7, 11) is 0. The van der Waals surface area contributed by atoms with Crippen molar-refractivity contribution in [1.82, 2.24) is 0 Å². The van der Waals surface area contributed by atoms with Crippen LogP contribution in [0.15, 0.2) is 237 Å². The third kappa shape index (κ3) is 15.1. The van der Waals surface area contributed by atoms with Crippen LogP contribution < -0.4 is 25.8 Å². The molecule has 0 N–H and O–H groups in total. The van der Waals surface area contributed by atoms with Gasteiger partial charge in [-0.25, -0.2) is 0 Å². The van der Waals surface area contributed by atoms with E-state index in [1.54, 1.807) is 158 Å². The number of hydrogen-bond donors (Lipinski definition) is 0. The van der Waals surface area contributed by atoms with Gasteiger partial charge in [-0.05, 0) is 45.4 Å². The summed E-state index contributed by atoms with van der Waals surface area (Å²) in [6, 6.07) is 56.7. The van der Waals surface area contributed by atoms with Crippen molar-refractivity contribution in [3.63, 3.8) is 0 Å². The molecule has 2 aliphatic heterocycles. The van der Waals surface area contributed by atoms with Crippen LogP contribution in [0.3, 0.4) is 0 Å². The van der Waals surface area contributed by atoms with E-state index in [2.05, 4.69) is 34.9 Å². The topological polar surface area (TPSA) is 149 Å². The second-order valence-corrected chi connectivity index (χ2v) is 14.0. The molecule has 0 spiro atoms. The van der Waals surface area contributed by atoms with Crippen LogP contribution in [0.1, 0.15) is 47.8 Å². The van der Waals surface area contributed by atoms with E-state index in [0.29, 0.717) is 33.4 Å². The molecule has 0 saturated heterocycles. The van der Waals surface area contributed by atoms with Gasteiger partial charge in [-0.2, -0.15) is 12.4 Å². The van der Waals surface area contributed by atoms with Gasteiger partial charge in [-0.1, -0.05) is 236 Å². The Balaban J connectivity index is 0.000000164. The van der Waals surface area contributed by atoms with Crippen LogP contribution in [0, 0.1) is 49.4 Å². The first-order valence-corrected chi connectivity index (χ1v) is 20.5. The molecule has 9 rings (SSSR count). The third-order valence-electron chi connectivity index (χ3n) is 9.48. The van der Waals surface area contributed by atoms with Crippen molar-refractivity contribution >= 4 is 58.2 Å². The van der Waals surface area contributed by atoms with Gasteiger partial charge in [0.2, 0.25) is 0 Å². The monoisotopic (exact) mass is 1000 g/mol. The number of carbonyl (C=O) groups is 3. The Morgan fingerprint density at radius 1 is 0.333 bits per heavy atom. The largest absolute Gasteiger partial charge is 0.872 e. The Morgan fingerprint density at radius 3 is 0.803 bits per heavy atom. The summed E-state index contributed by atoms with van der Waals surface area (Å²) < 4.78 is 0. The van der Waals surface area contributed by atoms with Crippen molar-refractivity contribution in [3.8, 4) is 0 Å². The summed E-state index contributed by atoms with van der Waals surface area (Å²) in [6.07, 6.45) is 15.0. The molecular formula is C57H41EuN2O6-5. The van der Waals surface area contributed by atoms with Crippen LogP contribution in [0.5, 0.6) is 0 Å². The first-order chi connectivity index (χ1) is 31.8. The van der Waals surface area contributed by atoms with Gasteiger partial charge in [0.15, 0.2) is 17.3 Å². The maximum atomic E-state index is 11.8. The molecule has 2 heterocycles. The molecule has 0 amide bonds. The summed E-state index contributed by atoms with van der Waals surface area (Å²) in [5, 5.41) is 46.2. The van der Waals surface area contributed by atoms with Gasteiger partial charge in [-0.3, -0.25) is 14.4 Å². The molecule has 0 atom stereocenters. The average molecular weight is 1000 g/mol. The number of allylic oxidation sites excluding steroid dienone is 5. The van der Waals surface area contributed by atoms with E-state index in [9.17, 15) is 29.7 Å². The third-order valence-corrected chi connectivity index (χ3v) is 9.48. The smallest absolute Gasteiger partial charge is 0.185 e. The fraction of sp³-hybridized carbons (Fsp3) is 0. The Hall–Kier alpha value is -7.43. The van der Waals surface area contributed by atoms with Crippen LogP contribution in [0.25, 0.3) is 40.1 Å². The molecule has 0 aromatic heterocycles. The van der Waals surface area contributed by atoms with Crippen LogP contribution in [-0.2, 0) is 0 Å². The fourth-order valence-corrected chi connectivity index (χ4v) is 6.15. The van der Waals surface area contributed by atoms with E-state index in [-0.39, 0.29) is 84.0 Å². The molecule has 1 radical (unpaired) electrons. The van der Waals surface area contributed by atoms with E-state index >= 15 is 0 Å². The molecular weight excluding hydrogens is 961 g/mol. The molecule has 7 aromatic rings. The minimum absolute atomic E-state index is 0. The van der Waals surface area contributed by atoms with Crippen LogP contribution in [0.2, 0.25) is 0 Å². The first kappa shape index (κ1) is 49.6. The minimum Gasteiger partial charge on any atom is -0.872 e. The number of benzene rings is 7. The quantitative estimate of drug-likeness (QED) is 0.0801. The van der Waals surface area contributed by atoms with E-state index in [1.807, 2.05) is 48.6 Å². The van der Waals surface area contributed by atoms with Crippen molar-refractivity contribution in [2.45, 2.75) is 0 Å². The van der Waals surface area contributed by atoms with Crippen molar-refractivity contribution in [2.24, 2.45) is 0 Å². The fourth-order valence-electron chi connectivity index (χ4n) is 6.15. The maximum absolute atomic E-state index is 11.8. The summed E-state index contributed by atoms with van der Waals surface area (Å²) in [4.78, 5) is 35.3. The molecule has 0 bridgehead atoms. The van der Waals surface area contributed by atoms with E-state index < -0.39 is 0 Å². The van der Waals surface area contributed by atoms with Crippen LogP contribution in [-0.4, -0.2) is 17.3 Å². The summed E-state index contributed by atoms with van der Waals surface area (Å²) in [5.74, 6) is -1.59. The van der Waals surface area contributed by atoms with Gasteiger partial charge >= 0.3 is 0 Å². The number of rotatable bonds is 9. The first-order valence-electron chi connectivity index (χ1n) is 20.5. The zero-order valence-corrected chi connectivity index (χ0v) is 37.8. The summed E-state index contributed by atoms with van der Waals surface area (Å²) >= 11 is 0. The number of ketones is 3. The number of fused-ring (bicyclic) bond motifs is 3. The molecule has 0 unspecified atom stereocenters. The maximum Gasteiger partial charge on any atom is 0.185 e. The minimum atomic E-state index is -0.264. The second kappa shape index (κ2) is 26.4. The molecule has 8 nitrogen and oxygen atoms in total. The van der Waals surface area contributed by atoms with Gasteiger partial charge in [0.25, 0.3) is 0 Å². The number of hydrogen-bond acceptors (Lipinski definition) is 6. The zero-order chi connectivity index (χ0) is 45.6. The molecule has 0 saturated carbocycles. The molecule has 2 aliphatic rings. The predicted octanol–water partition coefficient (Wildman–Crippen LogP) is 9.12. The van der Waals surface area contributed by atoms with Crippen molar-refractivity contribution in [2.75, 3.05) is 0 Å². The van der Waals surface area contributed by atoms with E-state index in [1.165, 1.54) is 0 Å². The van der Waals surface area contributed by atoms with Crippen LogP contribution >= 0.6 is 0 Å². The average Bonchev–Trinajstić information content (AvgIpc) is 3.38. The molecule has 7 aromatic carbocycles. The normalized spacial score (nSPS) is 11.9. The van der Waals surface area contributed by atoms with Gasteiger partial charge in [0.1, 0.15) is 0 Å². The Kier molecular flexibility index (Phi) is 19.8.